The minimum absolute atomic E-state index is 0.121. The molecule has 1 N–H and O–H groups in total. The van der Waals surface area contributed by atoms with Gasteiger partial charge in [0.2, 0.25) is 5.91 Å². The van der Waals surface area contributed by atoms with Gasteiger partial charge in [0.05, 0.1) is 12.0 Å². The highest BCUT2D eigenvalue weighted by atomic mass is 32.2. The molecular weight excluding hydrogens is 366 g/mol. The molecule has 1 aromatic rings. The fourth-order valence-electron chi connectivity index (χ4n) is 3.02. The summed E-state index contributed by atoms with van der Waals surface area (Å²) in [6.07, 6.45) is 1.37. The number of hydrogen-bond acceptors (Lipinski definition) is 4. The normalized spacial score (nSPS) is 19.7. The minimum atomic E-state index is -3.49. The number of aryl methyl sites for hydroxylation is 2. The maximum atomic E-state index is 12.6. The molecule has 1 amide bonds. The molecule has 0 bridgehead atoms. The maximum absolute atomic E-state index is 12.6. The first-order chi connectivity index (χ1) is 12.6. The van der Waals surface area contributed by atoms with E-state index in [4.69, 9.17) is 4.74 Å². The predicted octanol–water partition coefficient (Wildman–Crippen LogP) is 1.71. The third-order valence-electron chi connectivity index (χ3n) is 4.91. The Kier molecular flexibility index (Phi) is 7.25. The number of piperidine rings is 1. The Hall–Kier alpha value is -1.64. The van der Waals surface area contributed by atoms with Gasteiger partial charge in [0.25, 0.3) is 10.2 Å². The lowest BCUT2D eigenvalue weighted by molar-refractivity contribution is -0.126. The van der Waals surface area contributed by atoms with Gasteiger partial charge in [0.1, 0.15) is 12.4 Å². The number of nitrogens with zero attached hydrogens (tertiary/aromatic N) is 2. The Morgan fingerprint density at radius 1 is 1.33 bits per heavy atom. The second-order valence-corrected chi connectivity index (χ2v) is 9.60. The lowest BCUT2D eigenvalue weighted by atomic mass is 9.98. The molecule has 0 saturated carbocycles. The molecule has 0 unspecified atom stereocenters. The van der Waals surface area contributed by atoms with Crippen LogP contribution in [0.25, 0.3) is 0 Å². The van der Waals surface area contributed by atoms with Crippen molar-refractivity contribution in [2.24, 2.45) is 5.92 Å². The summed E-state index contributed by atoms with van der Waals surface area (Å²) in [7, 11) is -0.476. The van der Waals surface area contributed by atoms with Crippen molar-refractivity contribution < 1.29 is 17.9 Å². The van der Waals surface area contributed by atoms with E-state index in [2.05, 4.69) is 5.32 Å². The summed E-state index contributed by atoms with van der Waals surface area (Å²) in [6.45, 7) is 7.00. The number of hydrogen-bond donors (Lipinski definition) is 1. The highest BCUT2D eigenvalue weighted by molar-refractivity contribution is 7.86. The van der Waals surface area contributed by atoms with Crippen LogP contribution in [-0.2, 0) is 15.0 Å². The van der Waals surface area contributed by atoms with Crippen LogP contribution in [-0.4, -0.2) is 62.8 Å². The summed E-state index contributed by atoms with van der Waals surface area (Å²) in [5, 5.41) is 2.95. The average Bonchev–Trinajstić information content (AvgIpc) is 2.62. The zero-order valence-electron chi connectivity index (χ0n) is 16.9. The minimum Gasteiger partial charge on any atom is -0.491 e. The number of ether oxygens (including phenoxy) is 1. The van der Waals surface area contributed by atoms with Gasteiger partial charge in [-0.1, -0.05) is 6.07 Å². The van der Waals surface area contributed by atoms with Crippen LogP contribution in [0.4, 0.5) is 0 Å². The molecule has 1 heterocycles. The van der Waals surface area contributed by atoms with Gasteiger partial charge >= 0.3 is 0 Å². The third kappa shape index (κ3) is 5.67. The van der Waals surface area contributed by atoms with E-state index < -0.39 is 10.2 Å². The van der Waals surface area contributed by atoms with Gasteiger partial charge in [0.15, 0.2) is 0 Å². The smallest absolute Gasteiger partial charge is 0.281 e. The highest BCUT2D eigenvalue weighted by Gasteiger charge is 2.33. The van der Waals surface area contributed by atoms with E-state index in [-0.39, 0.29) is 24.4 Å². The van der Waals surface area contributed by atoms with Gasteiger partial charge in [-0.25, -0.2) is 0 Å². The number of carbonyl (C=O) groups is 1. The number of amides is 1. The summed E-state index contributed by atoms with van der Waals surface area (Å²) in [4.78, 5) is 12.6. The second-order valence-electron chi connectivity index (χ2n) is 7.45. The van der Waals surface area contributed by atoms with Gasteiger partial charge in [0, 0.05) is 27.2 Å². The summed E-state index contributed by atoms with van der Waals surface area (Å²) in [5.74, 6) is 0.322. The van der Waals surface area contributed by atoms with E-state index in [0.29, 0.717) is 26.0 Å². The van der Waals surface area contributed by atoms with Crippen LogP contribution in [0, 0.1) is 19.8 Å². The van der Waals surface area contributed by atoms with Gasteiger partial charge in [-0.15, -0.1) is 0 Å². The Labute approximate surface area is 162 Å². The number of rotatable bonds is 7. The molecule has 8 heteroatoms. The molecule has 0 spiro atoms. The molecular formula is C19H31N3O4S. The van der Waals surface area contributed by atoms with Gasteiger partial charge in [-0.05, 0) is 56.9 Å². The molecule has 1 fully saturated rings. The van der Waals surface area contributed by atoms with E-state index in [1.807, 2.05) is 39.0 Å². The first kappa shape index (κ1) is 21.7. The van der Waals surface area contributed by atoms with Gasteiger partial charge in [-0.2, -0.15) is 17.0 Å². The molecule has 0 aromatic heterocycles. The SMILES string of the molecule is Cc1ccc(OC[C@@H](C)NC(=O)[C@H]2CCCN(S(=O)(=O)N(C)C)C2)cc1C. The standard InChI is InChI=1S/C19H31N3O4S/c1-14-8-9-18(11-15(14)2)26-13-16(3)20-19(23)17-7-6-10-22(12-17)27(24,25)21(4)5/h8-9,11,16-17H,6-7,10,12-13H2,1-5H3,(H,20,23)/t16-,17+/m1/s1. The van der Waals surface area contributed by atoms with Crippen LogP contribution in [0.15, 0.2) is 18.2 Å². The Morgan fingerprint density at radius 3 is 2.67 bits per heavy atom. The zero-order chi connectivity index (χ0) is 20.2. The molecule has 27 heavy (non-hydrogen) atoms. The molecule has 7 nitrogen and oxygen atoms in total. The lowest BCUT2D eigenvalue weighted by Crippen LogP contribution is -2.50. The second kappa shape index (κ2) is 9.03. The maximum Gasteiger partial charge on any atom is 0.281 e. The number of carbonyl (C=O) groups excluding carboxylic acids is 1. The Morgan fingerprint density at radius 2 is 2.04 bits per heavy atom. The summed E-state index contributed by atoms with van der Waals surface area (Å²) in [5.41, 5.74) is 2.37. The van der Waals surface area contributed by atoms with Crippen molar-refractivity contribution >= 4 is 16.1 Å². The molecule has 1 aliphatic rings. The van der Waals surface area contributed by atoms with E-state index in [9.17, 15) is 13.2 Å². The molecule has 152 valence electrons. The summed E-state index contributed by atoms with van der Waals surface area (Å²) in [6, 6.07) is 5.74. The largest absolute Gasteiger partial charge is 0.491 e. The molecule has 1 aliphatic heterocycles. The van der Waals surface area contributed by atoms with E-state index in [1.54, 1.807) is 0 Å². The Balaban J connectivity index is 1.87. The van der Waals surface area contributed by atoms with Crippen LogP contribution in [0.3, 0.4) is 0 Å². The van der Waals surface area contributed by atoms with Crippen molar-refractivity contribution in [3.63, 3.8) is 0 Å². The van der Waals surface area contributed by atoms with E-state index in [1.165, 1.54) is 28.3 Å². The van der Waals surface area contributed by atoms with Crippen LogP contribution in [0.1, 0.15) is 30.9 Å². The van der Waals surface area contributed by atoms with E-state index >= 15 is 0 Å². The molecule has 2 atom stereocenters. The van der Waals surface area contributed by atoms with E-state index in [0.717, 1.165) is 11.3 Å². The van der Waals surface area contributed by atoms with Crippen molar-refractivity contribution in [3.8, 4) is 5.75 Å². The third-order valence-corrected chi connectivity index (χ3v) is 6.82. The molecule has 1 saturated heterocycles. The molecule has 2 rings (SSSR count). The summed E-state index contributed by atoms with van der Waals surface area (Å²) < 4.78 is 32.9. The van der Waals surface area contributed by atoms with Crippen molar-refractivity contribution in [2.45, 2.75) is 39.7 Å². The van der Waals surface area contributed by atoms with Crippen LogP contribution >= 0.6 is 0 Å². The van der Waals surface area contributed by atoms with Crippen molar-refractivity contribution in [3.05, 3.63) is 29.3 Å². The fraction of sp³-hybridized carbons (Fsp3) is 0.632. The van der Waals surface area contributed by atoms with Crippen molar-refractivity contribution in [1.29, 1.82) is 0 Å². The Bertz CT molecular complexity index is 764. The topological polar surface area (TPSA) is 79.0 Å². The first-order valence-electron chi connectivity index (χ1n) is 9.29. The van der Waals surface area contributed by atoms with Crippen LogP contribution in [0.2, 0.25) is 0 Å². The lowest BCUT2D eigenvalue weighted by Gasteiger charge is -2.33. The van der Waals surface area contributed by atoms with Gasteiger partial charge < -0.3 is 10.1 Å². The summed E-state index contributed by atoms with van der Waals surface area (Å²) >= 11 is 0. The van der Waals surface area contributed by atoms with Crippen LogP contribution in [0.5, 0.6) is 5.75 Å². The zero-order valence-corrected chi connectivity index (χ0v) is 17.7. The van der Waals surface area contributed by atoms with Crippen molar-refractivity contribution in [1.82, 2.24) is 13.9 Å². The van der Waals surface area contributed by atoms with Gasteiger partial charge in [-0.3, -0.25) is 4.79 Å². The predicted molar refractivity (Wildman–Crippen MR) is 106 cm³/mol. The first-order valence-corrected chi connectivity index (χ1v) is 10.7. The molecule has 1 aromatic carbocycles. The average molecular weight is 398 g/mol. The van der Waals surface area contributed by atoms with Crippen LogP contribution < -0.4 is 10.1 Å². The number of benzene rings is 1. The highest BCUT2D eigenvalue weighted by Crippen LogP contribution is 2.21. The quantitative estimate of drug-likeness (QED) is 0.760. The number of nitrogens with one attached hydrogen (secondary N) is 1. The molecule has 0 radical (unpaired) electrons. The van der Waals surface area contributed by atoms with Crippen molar-refractivity contribution in [2.75, 3.05) is 33.8 Å². The monoisotopic (exact) mass is 397 g/mol. The fourth-order valence-corrected chi connectivity index (χ4v) is 4.21. The molecule has 0 aliphatic carbocycles.